The molecule has 0 aromatic carbocycles. The maximum atomic E-state index is 12.9. The summed E-state index contributed by atoms with van der Waals surface area (Å²) in [4.78, 5) is 15.0. The SMILES string of the molecule is CC1(C)CN(C(=O)c2ccc3nncn3c2)[C@@H]2CCC[C@@H]21. The van der Waals surface area contributed by atoms with Crippen LogP contribution in [-0.2, 0) is 0 Å². The molecule has 0 unspecified atom stereocenters. The van der Waals surface area contributed by atoms with Crippen molar-refractivity contribution in [2.24, 2.45) is 11.3 Å². The second-order valence-corrected chi connectivity index (χ2v) is 7.04. The lowest BCUT2D eigenvalue weighted by molar-refractivity contribution is 0.0721. The number of hydrogen-bond acceptors (Lipinski definition) is 3. The van der Waals surface area contributed by atoms with E-state index in [1.165, 1.54) is 12.8 Å². The number of nitrogens with zero attached hydrogens (tertiary/aromatic N) is 4. The summed E-state index contributed by atoms with van der Waals surface area (Å²) >= 11 is 0. The fourth-order valence-electron chi connectivity index (χ4n) is 4.24. The summed E-state index contributed by atoms with van der Waals surface area (Å²) in [6.07, 6.45) is 7.12. The van der Waals surface area contributed by atoms with E-state index in [1.807, 2.05) is 18.3 Å². The van der Waals surface area contributed by atoms with E-state index in [2.05, 4.69) is 28.9 Å². The Labute approximate surface area is 124 Å². The molecule has 0 radical (unpaired) electrons. The van der Waals surface area contributed by atoms with Crippen LogP contribution in [-0.4, -0.2) is 38.0 Å². The molecule has 21 heavy (non-hydrogen) atoms. The van der Waals surface area contributed by atoms with Crippen molar-refractivity contribution in [3.63, 3.8) is 0 Å². The van der Waals surface area contributed by atoms with E-state index in [1.54, 1.807) is 10.7 Å². The van der Waals surface area contributed by atoms with Crippen molar-refractivity contribution in [1.29, 1.82) is 0 Å². The first kappa shape index (κ1) is 12.8. The topological polar surface area (TPSA) is 50.5 Å². The molecule has 110 valence electrons. The van der Waals surface area contributed by atoms with Crippen molar-refractivity contribution < 1.29 is 4.79 Å². The molecule has 0 N–H and O–H groups in total. The van der Waals surface area contributed by atoms with Crippen LogP contribution < -0.4 is 0 Å². The van der Waals surface area contributed by atoms with Crippen LogP contribution in [0.15, 0.2) is 24.7 Å². The second-order valence-electron chi connectivity index (χ2n) is 7.04. The van der Waals surface area contributed by atoms with Gasteiger partial charge in [0.25, 0.3) is 5.91 Å². The van der Waals surface area contributed by atoms with E-state index >= 15 is 0 Å². The van der Waals surface area contributed by atoms with Gasteiger partial charge in [0, 0.05) is 18.8 Å². The van der Waals surface area contributed by atoms with Crippen LogP contribution in [0.5, 0.6) is 0 Å². The van der Waals surface area contributed by atoms with Gasteiger partial charge in [0.1, 0.15) is 6.33 Å². The first-order valence-corrected chi connectivity index (χ1v) is 7.67. The van der Waals surface area contributed by atoms with Crippen molar-refractivity contribution in [2.75, 3.05) is 6.54 Å². The summed E-state index contributed by atoms with van der Waals surface area (Å²) in [6, 6.07) is 4.14. The lowest BCUT2D eigenvalue weighted by atomic mass is 9.80. The molecule has 1 amide bonds. The van der Waals surface area contributed by atoms with Gasteiger partial charge in [-0.2, -0.15) is 0 Å². The summed E-state index contributed by atoms with van der Waals surface area (Å²) in [5.74, 6) is 0.799. The highest BCUT2D eigenvalue weighted by atomic mass is 16.2. The third kappa shape index (κ3) is 1.87. The van der Waals surface area contributed by atoms with E-state index in [0.29, 0.717) is 12.0 Å². The molecule has 0 spiro atoms. The molecular formula is C16H20N4O. The molecule has 2 fully saturated rings. The standard InChI is InChI=1S/C16H20N4O/c1-16(2)9-20(13-5-3-4-12(13)16)15(21)11-6-7-14-18-17-10-19(14)8-11/h6-8,10,12-13H,3-5,9H2,1-2H3/t12-,13+/m0/s1. The highest BCUT2D eigenvalue weighted by molar-refractivity contribution is 5.94. The van der Waals surface area contributed by atoms with Crippen molar-refractivity contribution in [2.45, 2.75) is 39.2 Å². The molecule has 1 aliphatic heterocycles. The minimum atomic E-state index is 0.146. The van der Waals surface area contributed by atoms with Gasteiger partial charge in [-0.3, -0.25) is 9.20 Å². The third-order valence-electron chi connectivity index (χ3n) is 5.26. The normalized spacial score (nSPS) is 27.2. The van der Waals surface area contributed by atoms with Crippen LogP contribution >= 0.6 is 0 Å². The molecule has 1 saturated carbocycles. The number of likely N-dealkylation sites (tertiary alicyclic amines) is 1. The van der Waals surface area contributed by atoms with Crippen LogP contribution in [0.3, 0.4) is 0 Å². The first-order chi connectivity index (χ1) is 10.1. The zero-order chi connectivity index (χ0) is 14.6. The lowest BCUT2D eigenvalue weighted by Gasteiger charge is -2.24. The third-order valence-corrected chi connectivity index (χ3v) is 5.26. The highest BCUT2D eigenvalue weighted by Gasteiger charge is 2.50. The summed E-state index contributed by atoms with van der Waals surface area (Å²) in [7, 11) is 0. The van der Waals surface area contributed by atoms with Crippen LogP contribution in [0.1, 0.15) is 43.5 Å². The Balaban J connectivity index is 1.68. The zero-order valence-electron chi connectivity index (χ0n) is 12.5. The van der Waals surface area contributed by atoms with E-state index in [4.69, 9.17) is 0 Å². The van der Waals surface area contributed by atoms with Crippen LogP contribution in [0.25, 0.3) is 5.65 Å². The number of hydrogen-bond donors (Lipinski definition) is 0. The molecule has 0 bridgehead atoms. The fourth-order valence-corrected chi connectivity index (χ4v) is 4.24. The molecule has 4 rings (SSSR count). The maximum absolute atomic E-state index is 12.9. The molecule has 1 saturated heterocycles. The molecular weight excluding hydrogens is 264 g/mol. The predicted octanol–water partition coefficient (Wildman–Crippen LogP) is 2.38. The van der Waals surface area contributed by atoms with Crippen LogP contribution in [0.2, 0.25) is 0 Å². The Morgan fingerprint density at radius 2 is 2.19 bits per heavy atom. The highest BCUT2D eigenvalue weighted by Crippen LogP contribution is 2.48. The number of rotatable bonds is 1. The van der Waals surface area contributed by atoms with Gasteiger partial charge in [-0.15, -0.1) is 10.2 Å². The zero-order valence-corrected chi connectivity index (χ0v) is 12.5. The number of aromatic nitrogens is 3. The second kappa shape index (κ2) is 4.29. The lowest BCUT2D eigenvalue weighted by Crippen LogP contribution is -2.36. The minimum Gasteiger partial charge on any atom is -0.335 e. The quantitative estimate of drug-likeness (QED) is 0.808. The van der Waals surface area contributed by atoms with Gasteiger partial charge in [0.15, 0.2) is 5.65 Å². The molecule has 2 aromatic heterocycles. The van der Waals surface area contributed by atoms with Gasteiger partial charge >= 0.3 is 0 Å². The monoisotopic (exact) mass is 284 g/mol. The number of amides is 1. The molecule has 3 heterocycles. The van der Waals surface area contributed by atoms with Gasteiger partial charge in [0.05, 0.1) is 5.56 Å². The summed E-state index contributed by atoms with van der Waals surface area (Å²) in [6.45, 7) is 5.46. The minimum absolute atomic E-state index is 0.146. The average molecular weight is 284 g/mol. The Kier molecular flexibility index (Phi) is 2.62. The molecule has 5 heteroatoms. The van der Waals surface area contributed by atoms with Gasteiger partial charge in [0.2, 0.25) is 0 Å². The summed E-state index contributed by atoms with van der Waals surface area (Å²) in [5.41, 5.74) is 1.73. The van der Waals surface area contributed by atoms with Gasteiger partial charge in [-0.05, 0) is 36.3 Å². The molecule has 2 aliphatic rings. The van der Waals surface area contributed by atoms with E-state index in [9.17, 15) is 4.79 Å². The maximum Gasteiger partial charge on any atom is 0.255 e. The van der Waals surface area contributed by atoms with E-state index < -0.39 is 0 Å². The number of fused-ring (bicyclic) bond motifs is 2. The van der Waals surface area contributed by atoms with E-state index in [-0.39, 0.29) is 11.3 Å². The van der Waals surface area contributed by atoms with Crippen molar-refractivity contribution in [3.05, 3.63) is 30.2 Å². The van der Waals surface area contributed by atoms with Crippen molar-refractivity contribution >= 4 is 11.6 Å². The van der Waals surface area contributed by atoms with Gasteiger partial charge in [-0.25, -0.2) is 0 Å². The predicted molar refractivity (Wildman–Crippen MR) is 78.9 cm³/mol. The van der Waals surface area contributed by atoms with Crippen molar-refractivity contribution in [1.82, 2.24) is 19.5 Å². The first-order valence-electron chi connectivity index (χ1n) is 7.67. The average Bonchev–Trinajstić information content (AvgIpc) is 3.15. The Morgan fingerprint density at radius 3 is 3.05 bits per heavy atom. The van der Waals surface area contributed by atoms with E-state index in [0.717, 1.165) is 24.2 Å². The molecule has 2 atom stereocenters. The van der Waals surface area contributed by atoms with Crippen LogP contribution in [0.4, 0.5) is 0 Å². The van der Waals surface area contributed by atoms with Gasteiger partial charge < -0.3 is 4.90 Å². The number of carbonyl (C=O) groups is 1. The van der Waals surface area contributed by atoms with Crippen LogP contribution in [0, 0.1) is 11.3 Å². The summed E-state index contributed by atoms with van der Waals surface area (Å²) in [5, 5.41) is 7.84. The molecule has 1 aliphatic carbocycles. The molecule has 5 nitrogen and oxygen atoms in total. The Hall–Kier alpha value is -1.91. The molecule has 2 aromatic rings. The number of carbonyl (C=O) groups excluding carboxylic acids is 1. The van der Waals surface area contributed by atoms with Crippen molar-refractivity contribution in [3.8, 4) is 0 Å². The van der Waals surface area contributed by atoms with Gasteiger partial charge in [-0.1, -0.05) is 20.3 Å². The Morgan fingerprint density at radius 1 is 1.33 bits per heavy atom. The summed E-state index contributed by atoms with van der Waals surface area (Å²) < 4.78 is 1.81. The smallest absolute Gasteiger partial charge is 0.255 e. The Bertz CT molecular complexity index is 705. The number of pyridine rings is 1. The fraction of sp³-hybridized carbons (Fsp3) is 0.562. The largest absolute Gasteiger partial charge is 0.335 e.